The molecule has 0 amide bonds. The van der Waals surface area contributed by atoms with Crippen LogP contribution in [0, 0.1) is 12.7 Å². The molecule has 0 aliphatic heterocycles. The van der Waals surface area contributed by atoms with Crippen LogP contribution < -0.4 is 51.4 Å². The first-order chi connectivity index (χ1) is 9.79. The molecule has 0 heterocycles. The van der Waals surface area contributed by atoms with E-state index in [2.05, 4.69) is 6.92 Å². The Morgan fingerprint density at radius 3 is 0.833 bits per heavy atom. The summed E-state index contributed by atoms with van der Waals surface area (Å²) in [6, 6.07) is 6.05. The molecule has 0 saturated heterocycles. The molecular weight excluding hydrogens is 403 g/mol. The van der Waals surface area contributed by atoms with Crippen molar-refractivity contribution in [3.63, 3.8) is 0 Å². The SMILES string of the molecule is F[B-](F)(F)F.F[B-](F)(F)F.F[B-](F)(F)F.[CH2-]c1ccc(F)cc1.[K+]. The number of halogens is 13. The van der Waals surface area contributed by atoms with Gasteiger partial charge in [-0.1, -0.05) is 12.1 Å². The Kier molecular flexibility index (Phi) is 18.8. The standard InChI is InChI=1S/C7H6F.3BF4.K/c1-6-2-4-7(8)5-3-6;3*2-1(3,4)5;/h2-5H,1H2;;;;/q4*-1;+1. The Balaban J connectivity index is -0.000000113. The van der Waals surface area contributed by atoms with Gasteiger partial charge in [0.05, 0.1) is 5.82 Å². The van der Waals surface area contributed by atoms with Crippen LogP contribution in [0.1, 0.15) is 5.56 Å². The molecule has 138 valence electrons. The minimum atomic E-state index is -6.00. The van der Waals surface area contributed by atoms with Crippen LogP contribution in [-0.4, -0.2) is 21.8 Å². The third-order valence-corrected chi connectivity index (χ3v) is 0.913. The molecule has 0 aliphatic carbocycles. The van der Waals surface area contributed by atoms with Crippen molar-refractivity contribution in [2.24, 2.45) is 0 Å². The van der Waals surface area contributed by atoms with E-state index >= 15 is 0 Å². The maximum atomic E-state index is 12.1. The predicted molar refractivity (Wildman–Crippen MR) is 61.4 cm³/mol. The molecule has 0 fully saturated rings. The monoisotopic (exact) mass is 409 g/mol. The van der Waals surface area contributed by atoms with Gasteiger partial charge in [0.1, 0.15) is 0 Å². The van der Waals surface area contributed by atoms with Crippen molar-refractivity contribution in [3.05, 3.63) is 42.6 Å². The summed E-state index contributed by atoms with van der Waals surface area (Å²) in [7, 11) is -18.0. The van der Waals surface area contributed by atoms with Crippen LogP contribution in [0.25, 0.3) is 0 Å². The Morgan fingerprint density at radius 2 is 0.708 bits per heavy atom. The smallest absolute Gasteiger partial charge is 0.418 e. The van der Waals surface area contributed by atoms with Gasteiger partial charge in [0.25, 0.3) is 0 Å². The topological polar surface area (TPSA) is 0 Å². The maximum absolute atomic E-state index is 12.1. The number of hydrogen-bond acceptors (Lipinski definition) is 0. The molecule has 0 nitrogen and oxygen atoms in total. The average molecular weight is 409 g/mol. The summed E-state index contributed by atoms with van der Waals surface area (Å²) in [5, 5.41) is 0. The van der Waals surface area contributed by atoms with Crippen LogP contribution in [0.2, 0.25) is 0 Å². The minimum Gasteiger partial charge on any atom is -0.418 e. The first-order valence-electron chi connectivity index (χ1n) is 4.98. The second-order valence-electron chi connectivity index (χ2n) is 3.11. The zero-order chi connectivity index (χ0) is 19.5. The van der Waals surface area contributed by atoms with Gasteiger partial charge < -0.3 is 51.8 Å². The molecule has 0 unspecified atom stereocenters. The summed E-state index contributed by atoms with van der Waals surface area (Å²) in [5.74, 6) is -0.211. The third kappa shape index (κ3) is 97.0. The Hall–Kier alpha value is 0.0112. The molecule has 0 radical (unpaired) electrons. The second kappa shape index (κ2) is 14.2. The van der Waals surface area contributed by atoms with Crippen LogP contribution in [0.3, 0.4) is 0 Å². The molecule has 24 heavy (non-hydrogen) atoms. The van der Waals surface area contributed by atoms with Gasteiger partial charge in [-0.15, -0.1) is 0 Å². The normalized spacial score (nSPS) is 10.5. The number of rotatable bonds is 0. The van der Waals surface area contributed by atoms with Crippen LogP contribution in [-0.2, 0) is 0 Å². The van der Waals surface area contributed by atoms with E-state index in [-0.39, 0.29) is 57.2 Å². The summed E-state index contributed by atoms with van der Waals surface area (Å²) < 4.78 is 129. The van der Waals surface area contributed by atoms with Crippen LogP contribution >= 0.6 is 0 Å². The van der Waals surface area contributed by atoms with E-state index in [1.165, 1.54) is 12.1 Å². The molecule has 0 atom stereocenters. The summed E-state index contributed by atoms with van der Waals surface area (Å²) in [6.45, 7) is 3.60. The summed E-state index contributed by atoms with van der Waals surface area (Å²) in [5.41, 5.74) is 0.839. The molecule has 1 aromatic carbocycles. The predicted octanol–water partition coefficient (Wildman–Crippen LogP) is 2.91. The van der Waals surface area contributed by atoms with Gasteiger partial charge in [0, 0.05) is 0 Å². The number of benzene rings is 1. The van der Waals surface area contributed by atoms with Crippen molar-refractivity contribution in [1.82, 2.24) is 0 Å². The van der Waals surface area contributed by atoms with Gasteiger partial charge in [-0.25, -0.2) is 4.39 Å². The molecule has 0 spiro atoms. The Bertz CT molecular complexity index is 330. The van der Waals surface area contributed by atoms with Gasteiger partial charge in [0.15, 0.2) is 0 Å². The van der Waals surface area contributed by atoms with E-state index in [1.54, 1.807) is 12.1 Å². The van der Waals surface area contributed by atoms with Crippen molar-refractivity contribution in [2.45, 2.75) is 0 Å². The molecule has 0 saturated carbocycles. The minimum absolute atomic E-state index is 0. The molecule has 17 heteroatoms. The fraction of sp³-hybridized carbons (Fsp3) is 0. The van der Waals surface area contributed by atoms with Gasteiger partial charge >= 0.3 is 73.1 Å². The molecule has 0 aliphatic rings. The average Bonchev–Trinajstić information content (AvgIpc) is 2.14. The summed E-state index contributed by atoms with van der Waals surface area (Å²) in [6.07, 6.45) is 0. The molecule has 0 aromatic heterocycles. The van der Waals surface area contributed by atoms with E-state index in [9.17, 15) is 56.2 Å². The first-order valence-corrected chi connectivity index (χ1v) is 4.98. The second-order valence-corrected chi connectivity index (χ2v) is 3.11. The quantitative estimate of drug-likeness (QED) is 0.352. The first kappa shape index (κ1) is 31.8. The molecule has 0 N–H and O–H groups in total. The van der Waals surface area contributed by atoms with E-state index in [0.717, 1.165) is 5.56 Å². The molecule has 1 rings (SSSR count). The van der Waals surface area contributed by atoms with Gasteiger partial charge in [-0.2, -0.15) is 24.6 Å². The number of hydrogen-bond donors (Lipinski definition) is 0. The van der Waals surface area contributed by atoms with Crippen LogP contribution in [0.15, 0.2) is 24.3 Å². The van der Waals surface area contributed by atoms with Gasteiger partial charge in [-0.05, 0) is 0 Å². The summed E-state index contributed by atoms with van der Waals surface area (Å²) in [4.78, 5) is 0. The zero-order valence-electron chi connectivity index (χ0n) is 11.7. The van der Waals surface area contributed by atoms with E-state index in [1.807, 2.05) is 0 Å². The third-order valence-electron chi connectivity index (χ3n) is 0.913. The van der Waals surface area contributed by atoms with Crippen molar-refractivity contribution in [1.29, 1.82) is 0 Å². The molecular formula is C7H6B3F13K-3. The largest absolute Gasteiger partial charge is 1.00 e. The molecule has 1 aromatic rings. The van der Waals surface area contributed by atoms with Crippen LogP contribution in [0.4, 0.5) is 56.2 Å². The zero-order valence-corrected chi connectivity index (χ0v) is 14.8. The van der Waals surface area contributed by atoms with Crippen molar-refractivity contribution >= 4 is 21.8 Å². The van der Waals surface area contributed by atoms with Crippen molar-refractivity contribution in [3.8, 4) is 0 Å². The Morgan fingerprint density at radius 1 is 0.542 bits per heavy atom. The van der Waals surface area contributed by atoms with E-state index < -0.39 is 21.8 Å². The maximum Gasteiger partial charge on any atom is 1.00 e. The van der Waals surface area contributed by atoms with E-state index in [4.69, 9.17) is 0 Å². The fourth-order valence-electron chi connectivity index (χ4n) is 0.484. The Labute approximate surface area is 170 Å². The van der Waals surface area contributed by atoms with Crippen LogP contribution in [0.5, 0.6) is 0 Å². The van der Waals surface area contributed by atoms with Gasteiger partial charge in [0.2, 0.25) is 0 Å². The van der Waals surface area contributed by atoms with E-state index in [0.29, 0.717) is 0 Å². The summed E-state index contributed by atoms with van der Waals surface area (Å²) >= 11 is 0. The van der Waals surface area contributed by atoms with Crippen molar-refractivity contribution < 1.29 is 108 Å². The fourth-order valence-corrected chi connectivity index (χ4v) is 0.484. The van der Waals surface area contributed by atoms with Crippen molar-refractivity contribution in [2.75, 3.05) is 0 Å². The van der Waals surface area contributed by atoms with Gasteiger partial charge in [-0.3, -0.25) is 0 Å². The molecule has 0 bridgehead atoms.